The number of imide groups is 1. The lowest BCUT2D eigenvalue weighted by Crippen LogP contribution is -2.66. The van der Waals surface area contributed by atoms with Gasteiger partial charge in [-0.3, -0.25) is 14.9 Å². The van der Waals surface area contributed by atoms with Crippen molar-refractivity contribution in [1.82, 2.24) is 10.6 Å². The number of hydrogen-bond donors (Lipinski definition) is 3. The molecular formula is C24H23ClF2N4O4. The largest absolute Gasteiger partial charge is 0.491 e. The lowest BCUT2D eigenvalue weighted by molar-refractivity contribution is -0.134. The minimum absolute atomic E-state index is 0.00746. The van der Waals surface area contributed by atoms with Crippen LogP contribution in [0.4, 0.5) is 25.0 Å². The highest BCUT2D eigenvalue weighted by molar-refractivity contribution is 6.30. The van der Waals surface area contributed by atoms with E-state index in [1.165, 1.54) is 18.2 Å². The van der Waals surface area contributed by atoms with Crippen LogP contribution < -0.4 is 25.6 Å². The monoisotopic (exact) mass is 504 g/mol. The maximum Gasteiger partial charge on any atom is 0.319 e. The molecule has 3 heterocycles. The van der Waals surface area contributed by atoms with Crippen LogP contribution in [0.25, 0.3) is 0 Å². The zero-order valence-corrected chi connectivity index (χ0v) is 19.5. The molecule has 4 amide bonds. The number of anilines is 2. The van der Waals surface area contributed by atoms with E-state index < -0.39 is 29.5 Å². The van der Waals surface area contributed by atoms with Crippen LogP contribution >= 0.6 is 11.6 Å². The van der Waals surface area contributed by atoms with Crippen molar-refractivity contribution in [2.75, 3.05) is 23.4 Å². The van der Waals surface area contributed by atoms with Crippen molar-refractivity contribution in [2.24, 2.45) is 0 Å². The first-order valence-electron chi connectivity index (χ1n) is 11.3. The number of ether oxygens (including phenoxy) is 1. The van der Waals surface area contributed by atoms with E-state index in [0.29, 0.717) is 42.1 Å². The van der Waals surface area contributed by atoms with Crippen LogP contribution in [0.1, 0.15) is 36.8 Å². The molecule has 3 atom stereocenters. The van der Waals surface area contributed by atoms with E-state index in [4.69, 9.17) is 16.3 Å². The van der Waals surface area contributed by atoms with E-state index in [9.17, 15) is 18.8 Å². The molecule has 0 spiro atoms. The van der Waals surface area contributed by atoms with Crippen LogP contribution in [0.5, 0.6) is 5.75 Å². The summed E-state index contributed by atoms with van der Waals surface area (Å²) in [6.45, 7) is 2.64. The van der Waals surface area contributed by atoms with Gasteiger partial charge in [-0.2, -0.15) is 0 Å². The third kappa shape index (κ3) is 4.27. The van der Waals surface area contributed by atoms with Gasteiger partial charge in [-0.15, -0.1) is 0 Å². The molecular weight excluding hydrogens is 482 g/mol. The molecule has 11 heteroatoms. The van der Waals surface area contributed by atoms with Gasteiger partial charge in [-0.25, -0.2) is 13.6 Å². The van der Waals surface area contributed by atoms with Gasteiger partial charge in [0.15, 0.2) is 0 Å². The number of fused-ring (bicyclic) bond motifs is 1. The summed E-state index contributed by atoms with van der Waals surface area (Å²) >= 11 is 5.74. The van der Waals surface area contributed by atoms with Crippen molar-refractivity contribution < 1.29 is 27.9 Å². The predicted octanol–water partition coefficient (Wildman–Crippen LogP) is 3.47. The summed E-state index contributed by atoms with van der Waals surface area (Å²) in [4.78, 5) is 38.2. The molecule has 184 valence electrons. The Labute approximate surface area is 204 Å². The average Bonchev–Trinajstić information content (AvgIpc) is 3.28. The quantitative estimate of drug-likeness (QED) is 0.554. The van der Waals surface area contributed by atoms with Gasteiger partial charge in [-0.05, 0) is 31.5 Å². The molecule has 0 saturated carbocycles. The molecule has 0 aromatic heterocycles. The van der Waals surface area contributed by atoms with Crippen molar-refractivity contribution in [3.8, 4) is 5.75 Å². The summed E-state index contributed by atoms with van der Waals surface area (Å²) in [5.41, 5.74) is 1.50. The number of halogens is 3. The first-order valence-corrected chi connectivity index (χ1v) is 11.7. The molecule has 0 unspecified atom stereocenters. The number of carbonyl (C=O) groups excluding carboxylic acids is 3. The topological polar surface area (TPSA) is 99.8 Å². The first kappa shape index (κ1) is 23.3. The maximum absolute atomic E-state index is 15.4. The van der Waals surface area contributed by atoms with Crippen molar-refractivity contribution >= 4 is 40.8 Å². The normalized spacial score (nSPS) is 23.2. The van der Waals surface area contributed by atoms with Gasteiger partial charge in [0.25, 0.3) is 0 Å². The van der Waals surface area contributed by atoms with Gasteiger partial charge in [0.2, 0.25) is 11.8 Å². The van der Waals surface area contributed by atoms with E-state index in [2.05, 4.69) is 16.0 Å². The Kier molecular flexibility index (Phi) is 6.00. The highest BCUT2D eigenvalue weighted by Crippen LogP contribution is 2.46. The van der Waals surface area contributed by atoms with Crippen molar-refractivity contribution in [2.45, 2.75) is 44.2 Å². The van der Waals surface area contributed by atoms with Gasteiger partial charge < -0.3 is 20.3 Å². The Hall–Kier alpha value is -3.40. The van der Waals surface area contributed by atoms with Gasteiger partial charge in [0, 0.05) is 47.6 Å². The summed E-state index contributed by atoms with van der Waals surface area (Å²) < 4.78 is 35.1. The molecule has 3 aliphatic heterocycles. The van der Waals surface area contributed by atoms with E-state index >= 15 is 4.39 Å². The smallest absolute Gasteiger partial charge is 0.319 e. The van der Waals surface area contributed by atoms with Crippen LogP contribution in [0.15, 0.2) is 24.3 Å². The minimum Gasteiger partial charge on any atom is -0.491 e. The third-order valence-corrected chi connectivity index (χ3v) is 7.05. The van der Waals surface area contributed by atoms with Crippen LogP contribution in [0.2, 0.25) is 5.02 Å². The number of piperidine rings is 1. The second kappa shape index (κ2) is 8.99. The fourth-order valence-corrected chi connectivity index (χ4v) is 5.08. The second-order valence-corrected chi connectivity index (χ2v) is 9.36. The van der Waals surface area contributed by atoms with Crippen molar-refractivity contribution in [3.05, 3.63) is 52.0 Å². The number of hydrogen-bond acceptors (Lipinski definition) is 5. The highest BCUT2D eigenvalue weighted by Gasteiger charge is 2.41. The number of carbonyl (C=O) groups is 3. The fraction of sp³-hybridized carbons (Fsp3) is 0.375. The maximum atomic E-state index is 15.4. The van der Waals surface area contributed by atoms with E-state index in [1.807, 2.05) is 11.8 Å². The van der Waals surface area contributed by atoms with Crippen LogP contribution in [-0.4, -0.2) is 43.1 Å². The van der Waals surface area contributed by atoms with E-state index in [-0.39, 0.29) is 41.5 Å². The predicted molar refractivity (Wildman–Crippen MR) is 125 cm³/mol. The van der Waals surface area contributed by atoms with E-state index in [0.717, 1.165) is 6.07 Å². The molecule has 3 aliphatic rings. The molecule has 2 saturated heterocycles. The third-order valence-electron chi connectivity index (χ3n) is 6.81. The second-order valence-electron chi connectivity index (χ2n) is 8.92. The number of nitrogens with one attached hydrogen (secondary N) is 3. The Bertz CT molecular complexity index is 1240. The summed E-state index contributed by atoms with van der Waals surface area (Å²) in [6.07, 6.45) is 0.876. The van der Waals surface area contributed by atoms with Crippen LogP contribution in [-0.2, 0) is 16.0 Å². The summed E-state index contributed by atoms with van der Waals surface area (Å²) in [5, 5.41) is 7.78. The summed E-state index contributed by atoms with van der Waals surface area (Å²) in [6, 6.07) is 4.30. The molecule has 2 fully saturated rings. The number of urea groups is 1. The Morgan fingerprint density at radius 1 is 1.20 bits per heavy atom. The lowest BCUT2D eigenvalue weighted by atomic mass is 9.85. The molecule has 2 aromatic carbocycles. The standard InChI is InChI=1S/C24H23ClF2N4O4/c1-11-18(29-24(34)28-17-4-2-12(25)8-15(17)26)10-31(11)19-9-16(27)21(13-6-7-35-22(13)19)14-3-5-20(32)30-23(14)33/h2,4,8-9,11,14,18H,3,5-7,10H2,1H3,(H2,28,29,34)(H,30,32,33)/t11-,14+,18+/m1/s1. The molecule has 0 aliphatic carbocycles. The zero-order valence-electron chi connectivity index (χ0n) is 18.8. The Morgan fingerprint density at radius 2 is 2.00 bits per heavy atom. The number of benzene rings is 2. The highest BCUT2D eigenvalue weighted by atomic mass is 35.5. The van der Waals surface area contributed by atoms with Gasteiger partial charge >= 0.3 is 6.03 Å². The number of nitrogens with zero attached hydrogens (tertiary/aromatic N) is 1. The zero-order chi connectivity index (χ0) is 24.9. The van der Waals surface area contributed by atoms with E-state index in [1.54, 1.807) is 0 Å². The number of rotatable bonds is 4. The Morgan fingerprint density at radius 3 is 2.71 bits per heavy atom. The lowest BCUT2D eigenvalue weighted by Gasteiger charge is -2.48. The van der Waals surface area contributed by atoms with Gasteiger partial charge in [0.05, 0.1) is 29.9 Å². The van der Waals surface area contributed by atoms with Crippen molar-refractivity contribution in [3.63, 3.8) is 0 Å². The molecule has 35 heavy (non-hydrogen) atoms. The molecule has 8 nitrogen and oxygen atoms in total. The molecule has 0 bridgehead atoms. The Balaban J connectivity index is 1.30. The SMILES string of the molecule is C[C@@H]1[C@@H](NC(=O)Nc2ccc(Cl)cc2F)CN1c1cc(F)c([C@@H]2CCC(=O)NC2=O)c2c1OCC2. The summed E-state index contributed by atoms with van der Waals surface area (Å²) in [7, 11) is 0. The molecule has 3 N–H and O–H groups in total. The van der Waals surface area contributed by atoms with Crippen molar-refractivity contribution in [1.29, 1.82) is 0 Å². The summed E-state index contributed by atoms with van der Waals surface area (Å²) in [5.74, 6) is -2.21. The van der Waals surface area contributed by atoms with Gasteiger partial charge in [-0.1, -0.05) is 11.6 Å². The van der Waals surface area contributed by atoms with Gasteiger partial charge in [0.1, 0.15) is 17.4 Å². The molecule has 2 aromatic rings. The van der Waals surface area contributed by atoms with Crippen LogP contribution in [0, 0.1) is 11.6 Å². The average molecular weight is 505 g/mol. The van der Waals surface area contributed by atoms with Crippen LogP contribution in [0.3, 0.4) is 0 Å². The number of amides is 4. The molecule has 0 radical (unpaired) electrons. The minimum atomic E-state index is -0.739. The first-order chi connectivity index (χ1) is 16.7. The fourth-order valence-electron chi connectivity index (χ4n) is 4.92. The molecule has 5 rings (SSSR count).